The van der Waals surface area contributed by atoms with Gasteiger partial charge in [0.15, 0.2) is 12.2 Å². The van der Waals surface area contributed by atoms with E-state index in [0.717, 1.165) is 19.4 Å². The second kappa shape index (κ2) is 11.1. The summed E-state index contributed by atoms with van der Waals surface area (Å²) in [5, 5.41) is 0. The van der Waals surface area contributed by atoms with E-state index in [-0.39, 0.29) is 13.2 Å². The Morgan fingerprint density at radius 1 is 0.906 bits per heavy atom. The van der Waals surface area contributed by atoms with Crippen LogP contribution in [0.15, 0.2) is 30.3 Å². The smallest absolute Gasteiger partial charge is 0.303 e. The minimum Gasteiger partial charge on any atom is -0.463 e. The van der Waals surface area contributed by atoms with Crippen LogP contribution in [0.5, 0.6) is 0 Å². The lowest BCUT2D eigenvalue weighted by Gasteiger charge is -2.49. The molecule has 1 fully saturated rings. The molecule has 0 N–H and O–H groups in total. The minimum absolute atomic E-state index is 0.0771. The van der Waals surface area contributed by atoms with E-state index in [1.807, 2.05) is 30.3 Å². The Balaban J connectivity index is 2.45. The van der Waals surface area contributed by atoms with E-state index in [2.05, 4.69) is 0 Å². The molecule has 1 aromatic rings. The summed E-state index contributed by atoms with van der Waals surface area (Å²) in [6.45, 7) is 5.93. The van der Waals surface area contributed by atoms with Crippen LogP contribution in [0.3, 0.4) is 0 Å². The number of hydrogen-bond donors (Lipinski definition) is 0. The molecular weight excluding hydrogens is 424 g/mol. The molecule has 0 spiro atoms. The summed E-state index contributed by atoms with van der Waals surface area (Å²) in [5.74, 6) is -2.69. The monoisotopic (exact) mass is 452 g/mol. The molecule has 176 valence electrons. The first kappa shape index (κ1) is 25.3. The van der Waals surface area contributed by atoms with Crippen LogP contribution in [0.25, 0.3) is 0 Å². The molecule has 10 heteroatoms. The second-order valence-corrected chi connectivity index (χ2v) is 7.49. The van der Waals surface area contributed by atoms with Crippen LogP contribution >= 0.6 is 0 Å². The predicted octanol–water partition coefficient (Wildman–Crippen LogP) is 1.68. The molecule has 0 amide bonds. The molecule has 10 nitrogen and oxygen atoms in total. The van der Waals surface area contributed by atoms with Crippen LogP contribution in [-0.4, -0.2) is 60.7 Å². The minimum atomic E-state index is -1.68. The fourth-order valence-electron chi connectivity index (χ4n) is 3.42. The summed E-state index contributed by atoms with van der Waals surface area (Å²) < 4.78 is 33.2. The van der Waals surface area contributed by atoms with E-state index < -0.39 is 54.1 Å². The highest BCUT2D eigenvalue weighted by atomic mass is 16.7. The Morgan fingerprint density at radius 2 is 1.53 bits per heavy atom. The molecule has 1 aromatic carbocycles. The summed E-state index contributed by atoms with van der Waals surface area (Å²) >= 11 is 0. The van der Waals surface area contributed by atoms with Gasteiger partial charge in [-0.3, -0.25) is 19.2 Å². The molecule has 5 atom stereocenters. The summed E-state index contributed by atoms with van der Waals surface area (Å²) in [4.78, 5) is 47.0. The molecule has 32 heavy (non-hydrogen) atoms. The number of ether oxygens (including phenoxy) is 6. The Hall–Kier alpha value is -2.98. The van der Waals surface area contributed by atoms with E-state index in [4.69, 9.17) is 28.4 Å². The van der Waals surface area contributed by atoms with Crippen LogP contribution in [-0.2, 0) is 54.2 Å². The Morgan fingerprint density at radius 3 is 2.06 bits per heavy atom. The lowest BCUT2D eigenvalue weighted by atomic mass is 9.87. The third kappa shape index (κ3) is 6.76. The fourth-order valence-corrected chi connectivity index (χ4v) is 3.42. The van der Waals surface area contributed by atoms with Crippen molar-refractivity contribution in [1.82, 2.24) is 0 Å². The van der Waals surface area contributed by atoms with E-state index in [1.165, 1.54) is 20.8 Å². The van der Waals surface area contributed by atoms with Crippen molar-refractivity contribution in [2.45, 2.75) is 71.4 Å². The molecule has 1 saturated heterocycles. The van der Waals surface area contributed by atoms with Gasteiger partial charge >= 0.3 is 23.9 Å². The molecule has 0 saturated carbocycles. The SMILES string of the molecule is CC(=O)OCC1OC(OCc2ccccc2)C(C)(OC(C)=O)C(OC(C)=O)C1OC(C)=O. The van der Waals surface area contributed by atoms with Gasteiger partial charge in [-0.2, -0.15) is 0 Å². The van der Waals surface area contributed by atoms with Crippen LogP contribution < -0.4 is 0 Å². The third-order valence-electron chi connectivity index (χ3n) is 4.65. The second-order valence-electron chi connectivity index (χ2n) is 7.49. The number of esters is 4. The molecule has 1 aliphatic rings. The van der Waals surface area contributed by atoms with Gasteiger partial charge in [0.05, 0.1) is 6.61 Å². The maximum atomic E-state index is 11.9. The first-order valence-electron chi connectivity index (χ1n) is 10.0. The van der Waals surface area contributed by atoms with Crippen LogP contribution in [0.1, 0.15) is 40.2 Å². The number of rotatable bonds is 8. The lowest BCUT2D eigenvalue weighted by molar-refractivity contribution is -0.342. The van der Waals surface area contributed by atoms with Crippen molar-refractivity contribution in [3.05, 3.63) is 35.9 Å². The van der Waals surface area contributed by atoms with Crippen molar-refractivity contribution in [1.29, 1.82) is 0 Å². The highest BCUT2D eigenvalue weighted by Crippen LogP contribution is 2.38. The molecule has 0 radical (unpaired) electrons. The molecule has 0 aliphatic carbocycles. The number of benzene rings is 1. The van der Waals surface area contributed by atoms with Crippen molar-refractivity contribution in [2.75, 3.05) is 6.61 Å². The number of hydrogen-bond acceptors (Lipinski definition) is 10. The lowest BCUT2D eigenvalue weighted by Crippen LogP contribution is -2.69. The molecule has 5 unspecified atom stereocenters. The van der Waals surface area contributed by atoms with Gasteiger partial charge in [-0.15, -0.1) is 0 Å². The van der Waals surface area contributed by atoms with Gasteiger partial charge in [0.1, 0.15) is 12.7 Å². The van der Waals surface area contributed by atoms with Gasteiger partial charge in [-0.1, -0.05) is 30.3 Å². The average Bonchev–Trinajstić information content (AvgIpc) is 2.69. The quantitative estimate of drug-likeness (QED) is 0.425. The van der Waals surface area contributed by atoms with Gasteiger partial charge in [-0.05, 0) is 12.5 Å². The number of carbonyl (C=O) groups is 4. The summed E-state index contributed by atoms with van der Waals surface area (Å²) in [6, 6.07) is 9.15. The van der Waals surface area contributed by atoms with E-state index in [0.29, 0.717) is 0 Å². The van der Waals surface area contributed by atoms with Crippen LogP contribution in [0.4, 0.5) is 0 Å². The van der Waals surface area contributed by atoms with Gasteiger partial charge in [0.2, 0.25) is 11.9 Å². The maximum Gasteiger partial charge on any atom is 0.303 e. The van der Waals surface area contributed by atoms with E-state index in [9.17, 15) is 19.2 Å². The zero-order chi connectivity index (χ0) is 23.9. The summed E-state index contributed by atoms with van der Waals surface area (Å²) in [7, 11) is 0. The zero-order valence-corrected chi connectivity index (χ0v) is 18.7. The largest absolute Gasteiger partial charge is 0.463 e. The first-order chi connectivity index (χ1) is 15.0. The van der Waals surface area contributed by atoms with Gasteiger partial charge in [-0.25, -0.2) is 0 Å². The standard InChI is InChI=1S/C22H28O10/c1-13(23)27-12-18-19(29-14(2)24)20(30-15(3)25)22(5,32-16(4)26)21(31-18)28-11-17-9-7-6-8-10-17/h6-10,18-21H,11-12H2,1-5H3. The Bertz CT molecular complexity index is 823. The molecule has 2 rings (SSSR count). The average molecular weight is 452 g/mol. The predicted molar refractivity (Wildman–Crippen MR) is 108 cm³/mol. The first-order valence-corrected chi connectivity index (χ1v) is 10.0. The molecule has 0 bridgehead atoms. The van der Waals surface area contributed by atoms with Crippen molar-refractivity contribution < 1.29 is 47.6 Å². The van der Waals surface area contributed by atoms with Crippen molar-refractivity contribution >= 4 is 23.9 Å². The molecule has 0 aromatic heterocycles. The molecule has 1 heterocycles. The molecule has 1 aliphatic heterocycles. The third-order valence-corrected chi connectivity index (χ3v) is 4.65. The fraction of sp³-hybridized carbons (Fsp3) is 0.545. The van der Waals surface area contributed by atoms with Crippen molar-refractivity contribution in [2.24, 2.45) is 0 Å². The van der Waals surface area contributed by atoms with E-state index >= 15 is 0 Å². The highest BCUT2D eigenvalue weighted by Gasteiger charge is 2.60. The van der Waals surface area contributed by atoms with Gasteiger partial charge in [0, 0.05) is 27.7 Å². The zero-order valence-electron chi connectivity index (χ0n) is 18.7. The van der Waals surface area contributed by atoms with Crippen LogP contribution in [0, 0.1) is 0 Å². The van der Waals surface area contributed by atoms with Gasteiger partial charge in [0.25, 0.3) is 0 Å². The maximum absolute atomic E-state index is 11.9. The highest BCUT2D eigenvalue weighted by molar-refractivity contribution is 5.69. The molecular formula is C22H28O10. The summed E-state index contributed by atoms with van der Waals surface area (Å²) in [6.07, 6.45) is -4.85. The van der Waals surface area contributed by atoms with Crippen LogP contribution in [0.2, 0.25) is 0 Å². The van der Waals surface area contributed by atoms with Crippen molar-refractivity contribution in [3.63, 3.8) is 0 Å². The van der Waals surface area contributed by atoms with E-state index in [1.54, 1.807) is 0 Å². The Labute approximate surface area is 186 Å². The normalized spacial score (nSPS) is 27.2. The van der Waals surface area contributed by atoms with Gasteiger partial charge < -0.3 is 28.4 Å². The number of carbonyl (C=O) groups excluding carboxylic acids is 4. The van der Waals surface area contributed by atoms with Crippen molar-refractivity contribution in [3.8, 4) is 0 Å². The summed E-state index contributed by atoms with van der Waals surface area (Å²) in [5.41, 5.74) is -0.872. The Kier molecular flexibility index (Phi) is 8.73. The topological polar surface area (TPSA) is 124 Å².